The lowest BCUT2D eigenvalue weighted by Gasteiger charge is -2.16. The molecule has 0 atom stereocenters. The Morgan fingerprint density at radius 3 is 2.58 bits per heavy atom. The average Bonchev–Trinajstić information content (AvgIpc) is 2.66. The van der Waals surface area contributed by atoms with Crippen LogP contribution in [0.1, 0.15) is 18.1 Å². The second-order valence-electron chi connectivity index (χ2n) is 5.83. The summed E-state index contributed by atoms with van der Waals surface area (Å²) in [6.07, 6.45) is 2.46. The maximum atomic E-state index is 13.2. The molecule has 26 heavy (non-hydrogen) atoms. The van der Waals surface area contributed by atoms with E-state index in [1.165, 1.54) is 19.2 Å². The summed E-state index contributed by atoms with van der Waals surface area (Å²) in [4.78, 5) is 16.3. The molecule has 0 radical (unpaired) electrons. The van der Waals surface area contributed by atoms with Crippen molar-refractivity contribution in [1.82, 2.24) is 9.55 Å². The zero-order valence-corrected chi connectivity index (χ0v) is 14.7. The van der Waals surface area contributed by atoms with Crippen molar-refractivity contribution in [3.63, 3.8) is 0 Å². The van der Waals surface area contributed by atoms with Crippen molar-refractivity contribution in [1.29, 1.82) is 0 Å². The zero-order valence-electron chi connectivity index (χ0n) is 14.7. The number of nitrogens with zero attached hydrogens (tertiary/aromatic N) is 2. The second-order valence-corrected chi connectivity index (χ2v) is 5.83. The minimum absolute atomic E-state index is 0.154. The maximum Gasteiger partial charge on any atom is 0.316 e. The van der Waals surface area contributed by atoms with E-state index in [-0.39, 0.29) is 11.6 Å². The molecule has 0 spiro atoms. The lowest BCUT2D eigenvalue weighted by atomic mass is 10.1. The quantitative estimate of drug-likeness (QED) is 0.733. The molecule has 1 heterocycles. The molecule has 0 unspecified atom stereocenters. The lowest BCUT2D eigenvalue weighted by molar-refractivity contribution is 0.402. The van der Waals surface area contributed by atoms with E-state index in [9.17, 15) is 9.18 Å². The van der Waals surface area contributed by atoms with Gasteiger partial charge in [0.15, 0.2) is 0 Å². The summed E-state index contributed by atoms with van der Waals surface area (Å²) < 4.78 is 20.0. The number of aromatic nitrogens is 2. The fourth-order valence-electron chi connectivity index (χ4n) is 2.69. The first-order valence-electron chi connectivity index (χ1n) is 8.35. The number of para-hydroxylation sites is 1. The van der Waals surface area contributed by atoms with Crippen molar-refractivity contribution in [2.45, 2.75) is 19.9 Å². The highest BCUT2D eigenvalue weighted by atomic mass is 19.1. The van der Waals surface area contributed by atoms with E-state index in [2.05, 4.69) is 17.2 Å². The third kappa shape index (κ3) is 3.91. The third-order valence-corrected chi connectivity index (χ3v) is 4.09. The molecule has 1 N–H and O–H groups in total. The normalized spacial score (nSPS) is 10.6. The van der Waals surface area contributed by atoms with E-state index in [1.54, 1.807) is 22.9 Å². The monoisotopic (exact) mass is 353 g/mol. The number of methoxy groups -OCH3 is 1. The highest BCUT2D eigenvalue weighted by Crippen LogP contribution is 2.21. The van der Waals surface area contributed by atoms with Gasteiger partial charge in [-0.05, 0) is 35.7 Å². The Kier molecular flexibility index (Phi) is 5.31. The van der Waals surface area contributed by atoms with Gasteiger partial charge >= 0.3 is 5.56 Å². The SMILES string of the molecule is CCc1ccccc1Nc1nc(=O)c(OC)cn1Cc1ccc(F)cc1. The number of nitrogens with one attached hydrogen (secondary N) is 1. The van der Waals surface area contributed by atoms with Gasteiger partial charge in [-0.15, -0.1) is 0 Å². The molecule has 1 aromatic heterocycles. The Morgan fingerprint density at radius 1 is 1.15 bits per heavy atom. The number of anilines is 2. The van der Waals surface area contributed by atoms with Gasteiger partial charge in [-0.25, -0.2) is 4.39 Å². The van der Waals surface area contributed by atoms with Crippen LogP contribution in [0.4, 0.5) is 16.0 Å². The van der Waals surface area contributed by atoms with Gasteiger partial charge in [0.05, 0.1) is 19.9 Å². The van der Waals surface area contributed by atoms with Crippen LogP contribution in [0.3, 0.4) is 0 Å². The molecule has 0 saturated carbocycles. The molecule has 3 aromatic rings. The van der Waals surface area contributed by atoms with Crippen molar-refractivity contribution in [3.05, 3.63) is 82.0 Å². The van der Waals surface area contributed by atoms with Crippen LogP contribution in [0, 0.1) is 5.82 Å². The molecule has 2 aromatic carbocycles. The number of aryl methyl sites for hydroxylation is 1. The van der Waals surface area contributed by atoms with E-state index in [4.69, 9.17) is 4.74 Å². The Balaban J connectivity index is 2.01. The summed E-state index contributed by atoms with van der Waals surface area (Å²) in [5, 5.41) is 3.24. The van der Waals surface area contributed by atoms with Gasteiger partial charge in [0.25, 0.3) is 0 Å². The number of benzene rings is 2. The van der Waals surface area contributed by atoms with Gasteiger partial charge in [-0.1, -0.05) is 37.3 Å². The van der Waals surface area contributed by atoms with Gasteiger partial charge in [-0.2, -0.15) is 4.98 Å². The summed E-state index contributed by atoms with van der Waals surface area (Å²) in [5.74, 6) is 0.266. The first kappa shape index (κ1) is 17.7. The summed E-state index contributed by atoms with van der Waals surface area (Å²) in [5.41, 5.74) is 2.44. The Morgan fingerprint density at radius 2 is 1.88 bits per heavy atom. The Bertz CT molecular complexity index is 952. The molecular weight excluding hydrogens is 333 g/mol. The van der Waals surface area contributed by atoms with Gasteiger partial charge in [0.2, 0.25) is 11.7 Å². The van der Waals surface area contributed by atoms with Crippen LogP contribution < -0.4 is 15.6 Å². The number of hydrogen-bond acceptors (Lipinski definition) is 4. The highest BCUT2D eigenvalue weighted by Gasteiger charge is 2.11. The largest absolute Gasteiger partial charge is 0.490 e. The summed E-state index contributed by atoms with van der Waals surface area (Å²) in [6.45, 7) is 2.48. The Labute approximate surface area is 151 Å². The number of hydrogen-bond donors (Lipinski definition) is 1. The molecule has 5 nitrogen and oxygen atoms in total. The van der Waals surface area contributed by atoms with Crippen molar-refractivity contribution in [2.75, 3.05) is 12.4 Å². The predicted molar refractivity (Wildman–Crippen MR) is 99.7 cm³/mol. The Hall–Kier alpha value is -3.15. The van der Waals surface area contributed by atoms with E-state index in [0.29, 0.717) is 12.5 Å². The van der Waals surface area contributed by atoms with Crippen LogP contribution in [0.5, 0.6) is 5.75 Å². The van der Waals surface area contributed by atoms with Gasteiger partial charge in [0, 0.05) is 5.69 Å². The first-order chi connectivity index (χ1) is 12.6. The van der Waals surface area contributed by atoms with Crippen LogP contribution >= 0.6 is 0 Å². The summed E-state index contributed by atoms with van der Waals surface area (Å²) >= 11 is 0. The van der Waals surface area contributed by atoms with Crippen molar-refractivity contribution < 1.29 is 9.13 Å². The number of ether oxygens (including phenoxy) is 1. The molecule has 0 saturated heterocycles. The average molecular weight is 353 g/mol. The summed E-state index contributed by atoms with van der Waals surface area (Å²) in [7, 11) is 1.43. The molecular formula is C20H20FN3O2. The van der Waals surface area contributed by atoms with E-state index < -0.39 is 5.56 Å². The standard InChI is InChI=1S/C20H20FN3O2/c1-3-15-6-4-5-7-17(15)22-20-23-19(25)18(26-2)13-24(20)12-14-8-10-16(21)11-9-14/h4-11,13H,3,12H2,1-2H3,(H,22,23,25). The minimum atomic E-state index is -0.445. The fourth-order valence-corrected chi connectivity index (χ4v) is 2.69. The maximum absolute atomic E-state index is 13.2. The molecule has 0 aliphatic rings. The zero-order chi connectivity index (χ0) is 18.5. The van der Waals surface area contributed by atoms with Crippen LogP contribution in [-0.4, -0.2) is 16.7 Å². The van der Waals surface area contributed by atoms with Crippen LogP contribution in [-0.2, 0) is 13.0 Å². The van der Waals surface area contributed by atoms with E-state index >= 15 is 0 Å². The lowest BCUT2D eigenvalue weighted by Crippen LogP contribution is -2.19. The van der Waals surface area contributed by atoms with Crippen molar-refractivity contribution in [3.8, 4) is 5.75 Å². The molecule has 134 valence electrons. The topological polar surface area (TPSA) is 56.1 Å². The van der Waals surface area contributed by atoms with Crippen molar-refractivity contribution >= 4 is 11.6 Å². The fraction of sp³-hybridized carbons (Fsp3) is 0.200. The van der Waals surface area contributed by atoms with Gasteiger partial charge in [-0.3, -0.25) is 4.79 Å². The van der Waals surface area contributed by atoms with E-state index in [1.807, 2.05) is 24.3 Å². The number of rotatable bonds is 6. The molecule has 0 bridgehead atoms. The first-order valence-corrected chi connectivity index (χ1v) is 8.35. The minimum Gasteiger partial charge on any atom is -0.490 e. The molecule has 0 aliphatic heterocycles. The third-order valence-electron chi connectivity index (χ3n) is 4.09. The molecule has 6 heteroatoms. The molecule has 3 rings (SSSR count). The smallest absolute Gasteiger partial charge is 0.316 e. The van der Waals surface area contributed by atoms with Crippen LogP contribution in [0.2, 0.25) is 0 Å². The second kappa shape index (κ2) is 7.82. The summed E-state index contributed by atoms with van der Waals surface area (Å²) in [6, 6.07) is 14.1. The molecule has 0 aliphatic carbocycles. The van der Waals surface area contributed by atoms with Crippen LogP contribution in [0.15, 0.2) is 59.5 Å². The van der Waals surface area contributed by atoms with Gasteiger partial charge < -0.3 is 14.6 Å². The van der Waals surface area contributed by atoms with Crippen molar-refractivity contribution in [2.24, 2.45) is 0 Å². The number of halogens is 1. The molecule has 0 amide bonds. The van der Waals surface area contributed by atoms with Gasteiger partial charge in [0.1, 0.15) is 5.82 Å². The predicted octanol–water partition coefficient (Wildman–Crippen LogP) is 3.75. The highest BCUT2D eigenvalue weighted by molar-refractivity contribution is 5.59. The molecule has 0 fully saturated rings. The van der Waals surface area contributed by atoms with Crippen LogP contribution in [0.25, 0.3) is 0 Å². The van der Waals surface area contributed by atoms with E-state index in [0.717, 1.165) is 23.2 Å².